The zero-order chi connectivity index (χ0) is 25.7. The quantitative estimate of drug-likeness (QED) is 0.179. The molecule has 1 amide bonds. The summed E-state index contributed by atoms with van der Waals surface area (Å²) in [6.45, 7) is 6.36. The van der Waals surface area contributed by atoms with Gasteiger partial charge in [0.1, 0.15) is 17.3 Å². The highest BCUT2D eigenvalue weighted by molar-refractivity contribution is 6.46. The molecule has 1 aliphatic heterocycles. The Morgan fingerprint density at radius 1 is 1.09 bits per heavy atom. The molecule has 186 valence electrons. The van der Waals surface area contributed by atoms with Crippen LogP contribution in [0, 0.1) is 10.1 Å². The van der Waals surface area contributed by atoms with Gasteiger partial charge in [-0.2, -0.15) is 0 Å². The zero-order valence-electron chi connectivity index (χ0n) is 20.2. The molecule has 0 bridgehead atoms. The average Bonchev–Trinajstić information content (AvgIpc) is 3.13. The number of aliphatic hydroxyl groups excluding tert-OH is 1. The van der Waals surface area contributed by atoms with Crippen LogP contribution in [0.3, 0.4) is 0 Å². The third-order valence-corrected chi connectivity index (χ3v) is 6.18. The number of rotatable bonds is 10. The first-order valence-corrected chi connectivity index (χ1v) is 11.2. The lowest BCUT2D eigenvalue weighted by Gasteiger charge is -2.29. The highest BCUT2D eigenvalue weighted by atomic mass is 16.6. The second-order valence-corrected chi connectivity index (χ2v) is 7.93. The number of benzene rings is 2. The normalized spacial score (nSPS) is 17.2. The van der Waals surface area contributed by atoms with E-state index < -0.39 is 28.4 Å². The molecule has 1 heterocycles. The number of likely N-dealkylation sites (N-methyl/N-ethyl adjacent to an activating group) is 1. The second-order valence-electron chi connectivity index (χ2n) is 7.93. The highest BCUT2D eigenvalue weighted by Gasteiger charge is 2.47. The van der Waals surface area contributed by atoms with Crippen molar-refractivity contribution in [3.05, 3.63) is 69.3 Å². The van der Waals surface area contributed by atoms with Gasteiger partial charge in [-0.1, -0.05) is 13.8 Å². The van der Waals surface area contributed by atoms with E-state index in [0.717, 1.165) is 13.1 Å². The van der Waals surface area contributed by atoms with Gasteiger partial charge >= 0.3 is 0 Å². The van der Waals surface area contributed by atoms with E-state index in [1.165, 1.54) is 43.4 Å². The van der Waals surface area contributed by atoms with E-state index in [-0.39, 0.29) is 23.4 Å². The zero-order valence-corrected chi connectivity index (χ0v) is 20.2. The lowest BCUT2D eigenvalue weighted by atomic mass is 9.94. The van der Waals surface area contributed by atoms with Crippen LogP contribution in [0.15, 0.2) is 48.0 Å². The Balaban J connectivity index is 2.17. The van der Waals surface area contributed by atoms with Crippen LogP contribution in [-0.2, 0) is 9.59 Å². The number of carbonyl (C=O) groups excluding carboxylic acids is 2. The number of non-ortho nitro benzene ring substituents is 1. The number of ether oxygens (including phenoxy) is 2. The largest absolute Gasteiger partial charge is 0.507 e. The van der Waals surface area contributed by atoms with Crippen molar-refractivity contribution < 1.29 is 29.1 Å². The topological polar surface area (TPSA) is 122 Å². The molecule has 0 radical (unpaired) electrons. The number of aliphatic hydroxyl groups is 1. The first-order valence-electron chi connectivity index (χ1n) is 11.2. The molecule has 10 heteroatoms. The minimum Gasteiger partial charge on any atom is -0.507 e. The fourth-order valence-electron chi connectivity index (χ4n) is 4.16. The van der Waals surface area contributed by atoms with Gasteiger partial charge in [0.25, 0.3) is 17.4 Å². The summed E-state index contributed by atoms with van der Waals surface area (Å²) in [6, 6.07) is 9.27. The van der Waals surface area contributed by atoms with Crippen molar-refractivity contribution in [3.8, 4) is 11.5 Å². The van der Waals surface area contributed by atoms with Gasteiger partial charge in [0, 0.05) is 42.4 Å². The second kappa shape index (κ2) is 11.0. The van der Waals surface area contributed by atoms with Gasteiger partial charge in [-0.15, -0.1) is 0 Å². The fourth-order valence-corrected chi connectivity index (χ4v) is 4.16. The molecule has 35 heavy (non-hydrogen) atoms. The Hall–Kier alpha value is -3.92. The summed E-state index contributed by atoms with van der Waals surface area (Å²) in [5.74, 6) is -1.06. The number of carbonyl (C=O) groups is 2. The van der Waals surface area contributed by atoms with Crippen LogP contribution in [-0.4, -0.2) is 71.9 Å². The molecular formula is C25H29N3O7. The third-order valence-electron chi connectivity index (χ3n) is 6.18. The molecule has 0 unspecified atom stereocenters. The minimum atomic E-state index is -0.915. The predicted octanol–water partition coefficient (Wildman–Crippen LogP) is 3.38. The fraction of sp³-hybridized carbons (Fsp3) is 0.360. The summed E-state index contributed by atoms with van der Waals surface area (Å²) in [5.41, 5.74) is 0.437. The standard InChI is InChI=1S/C25H29N3O7/c1-5-26(6-2)13-14-27-22(19-12-11-18(34-3)15-20(19)35-4)21(24(30)25(27)31)23(29)16-7-9-17(10-8-16)28(32)33/h7-12,15,22,29H,5-6,13-14H2,1-4H3/b23-21+/t22-/m0/s1. The van der Waals surface area contributed by atoms with Gasteiger partial charge in [0.15, 0.2) is 0 Å². The first-order chi connectivity index (χ1) is 16.8. The summed E-state index contributed by atoms with van der Waals surface area (Å²) in [5, 5.41) is 22.2. The van der Waals surface area contributed by atoms with Crippen molar-refractivity contribution in [2.45, 2.75) is 19.9 Å². The van der Waals surface area contributed by atoms with E-state index in [4.69, 9.17) is 9.47 Å². The van der Waals surface area contributed by atoms with Crippen LogP contribution in [0.2, 0.25) is 0 Å². The van der Waals surface area contributed by atoms with Crippen molar-refractivity contribution in [2.75, 3.05) is 40.4 Å². The number of ketones is 1. The average molecular weight is 484 g/mol. The van der Waals surface area contributed by atoms with Gasteiger partial charge < -0.3 is 24.4 Å². The number of nitro groups is 1. The van der Waals surface area contributed by atoms with Gasteiger partial charge in [0.2, 0.25) is 0 Å². The maximum absolute atomic E-state index is 13.2. The van der Waals surface area contributed by atoms with Crippen molar-refractivity contribution in [1.82, 2.24) is 9.80 Å². The van der Waals surface area contributed by atoms with Crippen LogP contribution >= 0.6 is 0 Å². The summed E-state index contributed by atoms with van der Waals surface area (Å²) in [6.07, 6.45) is 0. The Bertz CT molecular complexity index is 1140. The van der Waals surface area contributed by atoms with Crippen LogP contribution in [0.4, 0.5) is 5.69 Å². The molecule has 2 aromatic carbocycles. The molecule has 10 nitrogen and oxygen atoms in total. The Kier molecular flexibility index (Phi) is 8.08. The van der Waals surface area contributed by atoms with E-state index in [9.17, 15) is 24.8 Å². The summed E-state index contributed by atoms with van der Waals surface area (Å²) >= 11 is 0. The number of nitrogens with zero attached hydrogens (tertiary/aromatic N) is 3. The number of nitro benzene ring substituents is 1. The van der Waals surface area contributed by atoms with Gasteiger partial charge in [-0.3, -0.25) is 19.7 Å². The van der Waals surface area contributed by atoms with E-state index in [1.807, 2.05) is 13.8 Å². The van der Waals surface area contributed by atoms with Crippen LogP contribution in [0.5, 0.6) is 11.5 Å². The maximum Gasteiger partial charge on any atom is 0.295 e. The Labute approximate surface area is 203 Å². The van der Waals surface area contributed by atoms with Crippen molar-refractivity contribution in [2.24, 2.45) is 0 Å². The molecule has 2 aromatic rings. The number of amides is 1. The predicted molar refractivity (Wildman–Crippen MR) is 129 cm³/mol. The lowest BCUT2D eigenvalue weighted by Crippen LogP contribution is -2.38. The minimum absolute atomic E-state index is 0.105. The van der Waals surface area contributed by atoms with Gasteiger partial charge in [0.05, 0.1) is 30.8 Å². The van der Waals surface area contributed by atoms with E-state index in [1.54, 1.807) is 18.2 Å². The third kappa shape index (κ3) is 5.12. The van der Waals surface area contributed by atoms with E-state index in [0.29, 0.717) is 23.6 Å². The Morgan fingerprint density at radius 3 is 2.29 bits per heavy atom. The smallest absolute Gasteiger partial charge is 0.295 e. The number of methoxy groups -OCH3 is 2. The monoisotopic (exact) mass is 483 g/mol. The molecule has 0 spiro atoms. The van der Waals surface area contributed by atoms with Crippen molar-refractivity contribution in [1.29, 1.82) is 0 Å². The molecule has 3 rings (SSSR count). The molecule has 0 aromatic heterocycles. The van der Waals surface area contributed by atoms with E-state index in [2.05, 4.69) is 4.90 Å². The Morgan fingerprint density at radius 2 is 1.74 bits per heavy atom. The number of hydrogen-bond acceptors (Lipinski definition) is 8. The van der Waals surface area contributed by atoms with Crippen LogP contribution in [0.25, 0.3) is 5.76 Å². The summed E-state index contributed by atoms with van der Waals surface area (Å²) < 4.78 is 10.8. The van der Waals surface area contributed by atoms with Crippen molar-refractivity contribution in [3.63, 3.8) is 0 Å². The molecule has 0 aliphatic carbocycles. The van der Waals surface area contributed by atoms with Crippen LogP contribution < -0.4 is 9.47 Å². The number of Topliss-reactive ketones (excluding diaryl/α,β-unsaturated/α-hetero) is 1. The highest BCUT2D eigenvalue weighted by Crippen LogP contribution is 2.43. The molecule has 1 atom stereocenters. The molecule has 1 N–H and O–H groups in total. The van der Waals surface area contributed by atoms with Crippen LogP contribution in [0.1, 0.15) is 31.0 Å². The summed E-state index contributed by atoms with van der Waals surface area (Å²) in [7, 11) is 2.98. The molecule has 1 fully saturated rings. The summed E-state index contributed by atoms with van der Waals surface area (Å²) in [4.78, 5) is 40.4. The lowest BCUT2D eigenvalue weighted by molar-refractivity contribution is -0.384. The van der Waals surface area contributed by atoms with E-state index >= 15 is 0 Å². The maximum atomic E-state index is 13.2. The number of hydrogen-bond donors (Lipinski definition) is 1. The number of likely N-dealkylation sites (tertiary alicyclic amines) is 1. The van der Waals surface area contributed by atoms with Gasteiger partial charge in [-0.05, 0) is 37.4 Å². The first kappa shape index (κ1) is 25.7. The molecule has 1 aliphatic rings. The molecule has 0 saturated carbocycles. The molecular weight excluding hydrogens is 454 g/mol. The van der Waals surface area contributed by atoms with Crippen molar-refractivity contribution >= 4 is 23.1 Å². The SMILES string of the molecule is CCN(CC)CCN1C(=O)C(=O)/C(=C(/O)c2ccc([N+](=O)[O-])cc2)[C@@H]1c1ccc(OC)cc1OC. The molecule has 1 saturated heterocycles. The van der Waals surface area contributed by atoms with Gasteiger partial charge in [-0.25, -0.2) is 0 Å².